The normalized spacial score (nSPS) is 16.7. The van der Waals surface area contributed by atoms with Gasteiger partial charge < -0.3 is 19.9 Å². The molecule has 2 N–H and O–H groups in total. The summed E-state index contributed by atoms with van der Waals surface area (Å²) in [5, 5.41) is 14.3. The maximum Gasteiger partial charge on any atom is 0.338 e. The Balaban J connectivity index is 1.56. The number of hydrogen-bond acceptors (Lipinski definition) is 5. The molecule has 1 saturated carbocycles. The predicted octanol–water partition coefficient (Wildman–Crippen LogP) is 7.01. The highest BCUT2D eigenvalue weighted by atomic mass is 16.5. The molecule has 0 unspecified atom stereocenters. The van der Waals surface area contributed by atoms with Gasteiger partial charge in [0.25, 0.3) is 0 Å². The van der Waals surface area contributed by atoms with Gasteiger partial charge in [-0.2, -0.15) is 0 Å². The fourth-order valence-electron chi connectivity index (χ4n) is 5.54. The van der Waals surface area contributed by atoms with Crippen molar-refractivity contribution in [2.45, 2.75) is 97.3 Å². The summed E-state index contributed by atoms with van der Waals surface area (Å²) in [7, 11) is 0. The van der Waals surface area contributed by atoms with E-state index in [1.165, 1.54) is 38.5 Å². The largest absolute Gasteiger partial charge is 0.462 e. The molecule has 5 nitrogen and oxygen atoms in total. The molecule has 2 aromatic carbocycles. The van der Waals surface area contributed by atoms with Crippen molar-refractivity contribution in [2.24, 2.45) is 5.92 Å². The molecule has 0 aromatic heterocycles. The maximum atomic E-state index is 12.2. The van der Waals surface area contributed by atoms with E-state index in [-0.39, 0.29) is 24.2 Å². The third-order valence-corrected chi connectivity index (χ3v) is 7.56. The van der Waals surface area contributed by atoms with Gasteiger partial charge in [0, 0.05) is 12.1 Å². The standard InChI is InChI=1S/C32H47NO4/c1-6-36-31(35)28-18-17-26(19-23(28)2)30-16-12-11-15-29(30)24(3)37-22-27(34)21-33-32(4,5)20-25-13-9-7-8-10-14-25/h11-12,15-19,24-25,27,33-34H,6-10,13-14,20-22H2,1-5H3/t24-,27+/m1/s1. The first-order valence-corrected chi connectivity index (χ1v) is 14.1. The molecule has 0 spiro atoms. The lowest BCUT2D eigenvalue weighted by molar-refractivity contribution is -0.00446. The Bertz CT molecular complexity index is 994. The minimum absolute atomic E-state index is 0.00176. The van der Waals surface area contributed by atoms with Crippen molar-refractivity contribution in [1.82, 2.24) is 5.32 Å². The number of nitrogens with one attached hydrogen (secondary N) is 1. The van der Waals surface area contributed by atoms with Crippen LogP contribution < -0.4 is 5.32 Å². The van der Waals surface area contributed by atoms with E-state index in [0.717, 1.165) is 34.6 Å². The van der Waals surface area contributed by atoms with Gasteiger partial charge >= 0.3 is 5.97 Å². The van der Waals surface area contributed by atoms with E-state index in [1.54, 1.807) is 0 Å². The first-order valence-electron chi connectivity index (χ1n) is 14.1. The Kier molecular flexibility index (Phi) is 11.2. The molecular formula is C32H47NO4. The Morgan fingerprint density at radius 2 is 1.81 bits per heavy atom. The minimum atomic E-state index is -0.575. The SMILES string of the molecule is CCOC(=O)c1ccc(-c2ccccc2[C@@H](C)OC[C@@H](O)CNC(C)(C)CC2CCCCCC2)cc1C. The predicted molar refractivity (Wildman–Crippen MR) is 151 cm³/mol. The molecule has 5 heteroatoms. The molecule has 37 heavy (non-hydrogen) atoms. The second-order valence-corrected chi connectivity index (χ2v) is 11.3. The zero-order valence-corrected chi connectivity index (χ0v) is 23.5. The van der Waals surface area contributed by atoms with Crippen molar-refractivity contribution in [2.75, 3.05) is 19.8 Å². The monoisotopic (exact) mass is 509 g/mol. The van der Waals surface area contributed by atoms with Crippen LogP contribution in [-0.2, 0) is 9.47 Å². The zero-order chi connectivity index (χ0) is 26.8. The van der Waals surface area contributed by atoms with Gasteiger partial charge in [-0.25, -0.2) is 4.79 Å². The Morgan fingerprint density at radius 3 is 2.49 bits per heavy atom. The molecule has 0 amide bonds. The van der Waals surface area contributed by atoms with Crippen LogP contribution in [0.4, 0.5) is 0 Å². The third kappa shape index (κ3) is 8.94. The van der Waals surface area contributed by atoms with Gasteiger partial charge in [-0.1, -0.05) is 74.9 Å². The number of carbonyl (C=O) groups excluding carboxylic acids is 1. The number of rotatable bonds is 12. The Morgan fingerprint density at radius 1 is 1.11 bits per heavy atom. The summed E-state index contributed by atoms with van der Waals surface area (Å²) in [6.07, 6.45) is 8.51. The van der Waals surface area contributed by atoms with E-state index >= 15 is 0 Å². The fourth-order valence-corrected chi connectivity index (χ4v) is 5.54. The van der Waals surface area contributed by atoms with Gasteiger partial charge in [-0.05, 0) is 75.3 Å². The number of ether oxygens (including phenoxy) is 2. The summed E-state index contributed by atoms with van der Waals surface area (Å²) in [6, 6.07) is 14.0. The molecule has 0 saturated heterocycles. The molecule has 0 bridgehead atoms. The van der Waals surface area contributed by atoms with Crippen molar-refractivity contribution in [3.8, 4) is 11.1 Å². The van der Waals surface area contributed by atoms with Crippen LogP contribution in [0.5, 0.6) is 0 Å². The molecule has 0 aliphatic heterocycles. The van der Waals surface area contributed by atoms with E-state index in [2.05, 4.69) is 31.3 Å². The number of hydrogen-bond donors (Lipinski definition) is 2. The molecule has 0 heterocycles. The van der Waals surface area contributed by atoms with Crippen LogP contribution in [0.3, 0.4) is 0 Å². The number of aryl methyl sites for hydroxylation is 1. The number of aliphatic hydroxyl groups excluding tert-OH is 1. The van der Waals surface area contributed by atoms with Crippen LogP contribution in [0.1, 0.15) is 100 Å². The van der Waals surface area contributed by atoms with Crippen LogP contribution in [0, 0.1) is 12.8 Å². The van der Waals surface area contributed by atoms with E-state index in [4.69, 9.17) is 9.47 Å². The van der Waals surface area contributed by atoms with E-state index in [9.17, 15) is 9.90 Å². The molecule has 3 rings (SSSR count). The first-order chi connectivity index (χ1) is 17.7. The summed E-state index contributed by atoms with van der Waals surface area (Å²) in [5.74, 6) is 0.487. The number of aliphatic hydroxyl groups is 1. The highest BCUT2D eigenvalue weighted by Crippen LogP contribution is 2.32. The molecule has 2 atom stereocenters. The number of β-amino-alcohol motifs (C(OH)–C–C–N with tert-alkyl or cyclic N) is 1. The van der Waals surface area contributed by atoms with Crippen LogP contribution >= 0.6 is 0 Å². The fraction of sp³-hybridized carbons (Fsp3) is 0.594. The second-order valence-electron chi connectivity index (χ2n) is 11.3. The number of carbonyl (C=O) groups is 1. The van der Waals surface area contributed by atoms with Crippen LogP contribution in [0.25, 0.3) is 11.1 Å². The van der Waals surface area contributed by atoms with Crippen LogP contribution in [-0.4, -0.2) is 42.5 Å². The quantitative estimate of drug-likeness (QED) is 0.238. The Labute approximate surface area is 224 Å². The van der Waals surface area contributed by atoms with Crippen LogP contribution in [0.15, 0.2) is 42.5 Å². The summed E-state index contributed by atoms with van der Waals surface area (Å²) in [5.41, 5.74) is 4.61. The highest BCUT2D eigenvalue weighted by molar-refractivity contribution is 5.92. The maximum absolute atomic E-state index is 12.2. The molecule has 2 aromatic rings. The van der Waals surface area contributed by atoms with E-state index in [1.807, 2.05) is 51.1 Å². The number of benzene rings is 2. The number of esters is 1. The van der Waals surface area contributed by atoms with Gasteiger partial charge in [0.2, 0.25) is 0 Å². The Hall–Kier alpha value is -2.21. The lowest BCUT2D eigenvalue weighted by Crippen LogP contribution is -2.45. The summed E-state index contributed by atoms with van der Waals surface area (Å²) < 4.78 is 11.3. The van der Waals surface area contributed by atoms with Crippen molar-refractivity contribution in [3.05, 3.63) is 59.2 Å². The molecule has 204 valence electrons. The zero-order valence-electron chi connectivity index (χ0n) is 23.5. The van der Waals surface area contributed by atoms with Crippen molar-refractivity contribution in [1.29, 1.82) is 0 Å². The van der Waals surface area contributed by atoms with Gasteiger partial charge in [0.15, 0.2) is 0 Å². The van der Waals surface area contributed by atoms with E-state index in [0.29, 0.717) is 18.7 Å². The van der Waals surface area contributed by atoms with Gasteiger partial charge in [-0.3, -0.25) is 0 Å². The highest BCUT2D eigenvalue weighted by Gasteiger charge is 2.25. The topological polar surface area (TPSA) is 67.8 Å². The van der Waals surface area contributed by atoms with E-state index < -0.39 is 6.10 Å². The molecule has 1 fully saturated rings. The average Bonchev–Trinajstić information content (AvgIpc) is 3.14. The molecular weight excluding hydrogens is 462 g/mol. The first kappa shape index (κ1) is 29.3. The van der Waals surface area contributed by atoms with Gasteiger partial charge in [0.1, 0.15) is 0 Å². The van der Waals surface area contributed by atoms with Gasteiger partial charge in [0.05, 0.1) is 31.0 Å². The van der Waals surface area contributed by atoms with Crippen molar-refractivity contribution >= 4 is 5.97 Å². The molecule has 1 aliphatic carbocycles. The van der Waals surface area contributed by atoms with Gasteiger partial charge in [-0.15, -0.1) is 0 Å². The third-order valence-electron chi connectivity index (χ3n) is 7.56. The summed E-state index contributed by atoms with van der Waals surface area (Å²) >= 11 is 0. The van der Waals surface area contributed by atoms with Crippen molar-refractivity contribution < 1.29 is 19.4 Å². The van der Waals surface area contributed by atoms with Crippen LogP contribution in [0.2, 0.25) is 0 Å². The molecule has 1 aliphatic rings. The average molecular weight is 510 g/mol. The smallest absolute Gasteiger partial charge is 0.338 e. The minimum Gasteiger partial charge on any atom is -0.462 e. The van der Waals surface area contributed by atoms with Crippen molar-refractivity contribution in [3.63, 3.8) is 0 Å². The second kappa shape index (κ2) is 14.1. The lowest BCUT2D eigenvalue weighted by Gasteiger charge is -2.32. The summed E-state index contributed by atoms with van der Waals surface area (Å²) in [4.78, 5) is 12.2. The summed E-state index contributed by atoms with van der Waals surface area (Å²) in [6.45, 7) is 11.4. The molecule has 0 radical (unpaired) electrons. The lowest BCUT2D eigenvalue weighted by atomic mass is 9.86.